The lowest BCUT2D eigenvalue weighted by atomic mass is 9.74. The van der Waals surface area contributed by atoms with Gasteiger partial charge in [-0.1, -0.05) is 33.8 Å². The highest BCUT2D eigenvalue weighted by Crippen LogP contribution is 2.42. The Bertz CT molecular complexity index is 1490. The van der Waals surface area contributed by atoms with Gasteiger partial charge in [0.1, 0.15) is 35.5 Å². The molecule has 0 bridgehead atoms. The molecule has 292 valence electrons. The number of nitrogens with zero attached hydrogens (tertiary/aromatic N) is 2. The maximum atomic E-state index is 14.6. The van der Waals surface area contributed by atoms with Crippen molar-refractivity contribution in [1.29, 1.82) is 0 Å². The molecule has 52 heavy (non-hydrogen) atoms. The lowest BCUT2D eigenvalue weighted by Gasteiger charge is -2.46. The first-order valence-electron chi connectivity index (χ1n) is 18.2. The monoisotopic (exact) mass is 733 g/mol. The molecule has 2 saturated heterocycles. The summed E-state index contributed by atoms with van der Waals surface area (Å²) in [6.45, 7) is 14.2. The van der Waals surface area contributed by atoms with E-state index in [1.807, 2.05) is 39.8 Å². The summed E-state index contributed by atoms with van der Waals surface area (Å²) in [4.78, 5) is 43.9. The van der Waals surface area contributed by atoms with Crippen molar-refractivity contribution in [3.63, 3.8) is 0 Å². The topological polar surface area (TPSA) is 177 Å². The first-order chi connectivity index (χ1) is 24.3. The first kappa shape index (κ1) is 41.5. The molecule has 14 nitrogen and oxygen atoms in total. The van der Waals surface area contributed by atoms with E-state index < -0.39 is 71.7 Å². The third kappa shape index (κ3) is 8.42. The van der Waals surface area contributed by atoms with Crippen LogP contribution >= 0.6 is 0 Å². The number of esters is 1. The fraction of sp³-hybridized carbons (Fsp3) is 0.711. The summed E-state index contributed by atoms with van der Waals surface area (Å²) < 4.78 is 31.1. The number of ether oxygens (including phenoxy) is 5. The number of hydrazine groups is 1. The number of aromatic hydroxyl groups is 2. The summed E-state index contributed by atoms with van der Waals surface area (Å²) in [6, 6.07) is 2.85. The number of carbonyl (C=O) groups is 3. The van der Waals surface area contributed by atoms with Crippen molar-refractivity contribution in [2.24, 2.45) is 17.8 Å². The third-order valence-electron chi connectivity index (χ3n) is 11.2. The van der Waals surface area contributed by atoms with Gasteiger partial charge in [0.05, 0.1) is 17.8 Å². The van der Waals surface area contributed by atoms with Gasteiger partial charge in [0.2, 0.25) is 0 Å². The van der Waals surface area contributed by atoms with Crippen LogP contribution in [-0.2, 0) is 39.8 Å². The Morgan fingerprint density at radius 3 is 2.38 bits per heavy atom. The number of Topliss-reactive ketones (excluding diaryl/α,β-unsaturated/α-hetero) is 1. The van der Waals surface area contributed by atoms with Crippen molar-refractivity contribution in [1.82, 2.24) is 15.3 Å². The largest absolute Gasteiger partial charge is 0.508 e. The summed E-state index contributed by atoms with van der Waals surface area (Å²) in [6.07, 6.45) is -1.94. The van der Waals surface area contributed by atoms with Crippen LogP contribution in [0.4, 0.5) is 4.79 Å². The van der Waals surface area contributed by atoms with Crippen molar-refractivity contribution in [2.45, 2.75) is 135 Å². The van der Waals surface area contributed by atoms with Crippen LogP contribution in [0.5, 0.6) is 11.5 Å². The van der Waals surface area contributed by atoms with E-state index in [2.05, 4.69) is 5.43 Å². The second-order valence-electron chi connectivity index (χ2n) is 15.5. The fourth-order valence-electron chi connectivity index (χ4n) is 8.32. The third-order valence-corrected chi connectivity index (χ3v) is 11.2. The molecule has 1 aromatic carbocycles. The Kier molecular flexibility index (Phi) is 13.1. The number of aliphatic hydroxyl groups is 1. The molecule has 3 heterocycles. The molecular formula is C38H59N3O11. The Balaban J connectivity index is 1.77. The zero-order valence-corrected chi connectivity index (χ0v) is 32.4. The van der Waals surface area contributed by atoms with Gasteiger partial charge in [0, 0.05) is 48.6 Å². The Morgan fingerprint density at radius 1 is 1.10 bits per heavy atom. The summed E-state index contributed by atoms with van der Waals surface area (Å²) in [5.41, 5.74) is 1.01. The van der Waals surface area contributed by atoms with Gasteiger partial charge in [-0.25, -0.2) is 20.0 Å². The zero-order chi connectivity index (χ0) is 38.9. The zero-order valence-electron chi connectivity index (χ0n) is 32.4. The molecule has 4 N–H and O–H groups in total. The second kappa shape index (κ2) is 16.4. The number of hydrogen-bond acceptors (Lipinski definition) is 13. The number of amides is 1. The minimum absolute atomic E-state index is 0.0745. The molecule has 3 aliphatic rings. The summed E-state index contributed by atoms with van der Waals surface area (Å²) in [7, 11) is 5.32. The van der Waals surface area contributed by atoms with E-state index in [0.29, 0.717) is 12.0 Å². The molecule has 2 fully saturated rings. The molecule has 0 spiro atoms. The highest BCUT2D eigenvalue weighted by atomic mass is 16.7. The average molecular weight is 734 g/mol. The van der Waals surface area contributed by atoms with Crippen LogP contribution in [0.1, 0.15) is 80.2 Å². The van der Waals surface area contributed by atoms with E-state index in [-0.39, 0.29) is 54.4 Å². The lowest BCUT2D eigenvalue weighted by molar-refractivity contribution is -0.294. The maximum absolute atomic E-state index is 14.6. The molecule has 0 aromatic heterocycles. The van der Waals surface area contributed by atoms with Gasteiger partial charge in [0.15, 0.2) is 11.9 Å². The van der Waals surface area contributed by atoms with E-state index in [1.165, 1.54) is 30.3 Å². The van der Waals surface area contributed by atoms with Crippen LogP contribution in [-0.4, -0.2) is 118 Å². The highest BCUT2D eigenvalue weighted by molar-refractivity contribution is 5.88. The number of likely N-dealkylation sites (N-methyl/N-ethyl adjacent to an activating group) is 1. The fourth-order valence-corrected chi connectivity index (χ4v) is 8.32. The molecule has 12 atom stereocenters. The van der Waals surface area contributed by atoms with Crippen LogP contribution in [0.25, 0.3) is 0 Å². The van der Waals surface area contributed by atoms with Crippen molar-refractivity contribution < 1.29 is 53.4 Å². The molecule has 1 aromatic rings. The van der Waals surface area contributed by atoms with E-state index in [0.717, 1.165) is 0 Å². The summed E-state index contributed by atoms with van der Waals surface area (Å²) in [5, 5.41) is 33.0. The predicted octanol–water partition coefficient (Wildman–Crippen LogP) is 4.05. The minimum atomic E-state index is -1.47. The molecule has 0 unspecified atom stereocenters. The minimum Gasteiger partial charge on any atom is -0.508 e. The number of methoxy groups -OCH3 is 1. The number of nitrogens with one attached hydrogen (secondary N) is 1. The van der Waals surface area contributed by atoms with Crippen LogP contribution < -0.4 is 5.43 Å². The number of benzene rings is 1. The highest BCUT2D eigenvalue weighted by Gasteiger charge is 2.60. The standard InChI is InChI=1S/C38H59N3O11/c1-12-29-38(8)32(41(36(47)52-38)39-19-25-17-26(42)13-14-28(25)43)24(6)30(44)22(4)18-37(7,48-11)33(20(2)15-21(3)34(46)50-29)51-35-31(45)27(40(9)10)16-23(5)49-35/h13-15,17,20,22-24,27,29,31-33,35,39,42-43,45H,12,16,18-19H2,1-11H3/b21-15+/t20-,22+,23+,24-,27-,29+,31+,32+,33+,35-,37-,38+/m0/s1. The Hall–Kier alpha value is -3.27. The van der Waals surface area contributed by atoms with Crippen molar-refractivity contribution in [2.75, 3.05) is 21.2 Å². The van der Waals surface area contributed by atoms with Gasteiger partial charge in [-0.15, -0.1) is 0 Å². The molecule has 0 radical (unpaired) electrons. The number of carbonyl (C=O) groups excluding carboxylic acids is 3. The van der Waals surface area contributed by atoms with E-state index in [1.54, 1.807) is 40.7 Å². The number of phenolic OH excluding ortho intramolecular Hbond substituents is 2. The van der Waals surface area contributed by atoms with Gasteiger partial charge < -0.3 is 43.9 Å². The maximum Gasteiger partial charge on any atom is 0.425 e. The van der Waals surface area contributed by atoms with E-state index in [9.17, 15) is 29.7 Å². The number of cyclic esters (lactones) is 1. The lowest BCUT2D eigenvalue weighted by Crippen LogP contribution is -2.60. The number of hydrogen-bond donors (Lipinski definition) is 4. The number of ketones is 1. The first-order valence-corrected chi connectivity index (χ1v) is 18.2. The number of phenols is 2. The van der Waals surface area contributed by atoms with Gasteiger partial charge in [-0.05, 0) is 79.3 Å². The second-order valence-corrected chi connectivity index (χ2v) is 15.5. The summed E-state index contributed by atoms with van der Waals surface area (Å²) in [5.74, 6) is -2.97. The van der Waals surface area contributed by atoms with Crippen LogP contribution in [0.3, 0.4) is 0 Å². The smallest absolute Gasteiger partial charge is 0.425 e. The Labute approximate surface area is 307 Å². The molecular weight excluding hydrogens is 674 g/mol. The van der Waals surface area contributed by atoms with Crippen LogP contribution in [0.2, 0.25) is 0 Å². The molecule has 14 heteroatoms. The van der Waals surface area contributed by atoms with Crippen molar-refractivity contribution in [3.05, 3.63) is 35.4 Å². The quantitative estimate of drug-likeness (QED) is 0.223. The van der Waals surface area contributed by atoms with Crippen molar-refractivity contribution >= 4 is 17.8 Å². The number of fused-ring (bicyclic) bond motifs is 1. The molecule has 0 saturated carbocycles. The molecule has 3 aliphatic heterocycles. The Morgan fingerprint density at radius 2 is 1.77 bits per heavy atom. The molecule has 1 amide bonds. The van der Waals surface area contributed by atoms with Gasteiger partial charge in [-0.2, -0.15) is 0 Å². The van der Waals surface area contributed by atoms with Gasteiger partial charge in [-0.3, -0.25) is 4.79 Å². The average Bonchev–Trinajstić information content (AvgIpc) is 3.34. The van der Waals surface area contributed by atoms with E-state index >= 15 is 0 Å². The number of aliphatic hydroxyl groups excluding tert-OH is 1. The number of rotatable bonds is 8. The van der Waals surface area contributed by atoms with E-state index in [4.69, 9.17) is 23.7 Å². The molecule has 0 aliphatic carbocycles. The van der Waals surface area contributed by atoms with Crippen LogP contribution in [0, 0.1) is 17.8 Å². The summed E-state index contributed by atoms with van der Waals surface area (Å²) >= 11 is 0. The van der Waals surface area contributed by atoms with Gasteiger partial charge >= 0.3 is 12.1 Å². The SMILES string of the molecule is CC[C@H]1OC(=O)/C(C)=C/[C@H](C)[C@@H](O[C@@H]2O[C@H](C)C[C@H](N(C)C)[C@H]2O)[C@@](C)(OC)C[C@@H](C)C(=O)[C@H](C)[C@H]2N(NCc3cc(O)ccc3O)C(=O)O[C@]12C. The normalized spacial score (nSPS) is 39.0. The molecule has 4 rings (SSSR count). The van der Waals surface area contributed by atoms with Crippen LogP contribution in [0.15, 0.2) is 29.8 Å². The predicted molar refractivity (Wildman–Crippen MR) is 191 cm³/mol. The van der Waals surface area contributed by atoms with Crippen molar-refractivity contribution in [3.8, 4) is 11.5 Å². The van der Waals surface area contributed by atoms with Gasteiger partial charge in [0.25, 0.3) is 0 Å².